The lowest BCUT2D eigenvalue weighted by atomic mass is 9.82. The fourth-order valence-corrected chi connectivity index (χ4v) is 4.80. The minimum absolute atomic E-state index is 1.00. The Kier molecular flexibility index (Phi) is 5.26. The predicted octanol–water partition coefficient (Wildman–Crippen LogP) is 2.54. The van der Waals surface area contributed by atoms with Crippen molar-refractivity contribution in [1.82, 2.24) is 0 Å². The van der Waals surface area contributed by atoms with Crippen molar-refractivity contribution in [1.29, 1.82) is 0 Å². The zero-order valence-corrected chi connectivity index (χ0v) is 11.2. The first-order chi connectivity index (χ1) is 7.77. The molecule has 0 aromatic carbocycles. The molecule has 0 amide bonds. The highest BCUT2D eigenvalue weighted by molar-refractivity contribution is 5.03. The maximum Gasteiger partial charge on any atom is 0.0319 e. The molecule has 3 saturated carbocycles. The zero-order chi connectivity index (χ0) is 12.3. The van der Waals surface area contributed by atoms with Gasteiger partial charge < -0.3 is 10.2 Å². The summed E-state index contributed by atoms with van der Waals surface area (Å²) in [5.41, 5.74) is 0. The number of rotatable bonds is 0. The van der Waals surface area contributed by atoms with Gasteiger partial charge in [0, 0.05) is 14.2 Å². The highest BCUT2D eigenvalue weighted by Crippen LogP contribution is 2.62. The molecule has 0 saturated heterocycles. The van der Waals surface area contributed by atoms with Gasteiger partial charge in [0.2, 0.25) is 0 Å². The number of fused-ring (bicyclic) bond motifs is 5. The third-order valence-corrected chi connectivity index (χ3v) is 5.18. The van der Waals surface area contributed by atoms with Crippen molar-refractivity contribution in [3.05, 3.63) is 0 Å². The summed E-state index contributed by atoms with van der Waals surface area (Å²) >= 11 is 0. The van der Waals surface area contributed by atoms with Crippen LogP contribution in [-0.2, 0) is 0 Å². The summed E-state index contributed by atoms with van der Waals surface area (Å²) in [6.07, 6.45) is 6.27. The summed E-state index contributed by atoms with van der Waals surface area (Å²) in [7, 11) is 2.00. The Bertz CT molecular complexity index is 185. The number of hydrogen-bond donors (Lipinski definition) is 2. The molecule has 0 spiro atoms. The molecule has 2 heteroatoms. The highest BCUT2D eigenvalue weighted by atomic mass is 16.2. The average molecular weight is 228 g/mol. The molecule has 0 heterocycles. The molecule has 2 bridgehead atoms. The second-order valence-corrected chi connectivity index (χ2v) is 5.67. The minimum Gasteiger partial charge on any atom is -0.400 e. The molecule has 0 aliphatic heterocycles. The zero-order valence-electron chi connectivity index (χ0n) is 11.2. The monoisotopic (exact) mass is 228 g/mol. The maximum atomic E-state index is 7.00. The molecule has 2 N–H and O–H groups in total. The smallest absolute Gasteiger partial charge is 0.0319 e. The van der Waals surface area contributed by atoms with E-state index in [1.807, 2.05) is 0 Å². The Morgan fingerprint density at radius 1 is 0.688 bits per heavy atom. The van der Waals surface area contributed by atoms with E-state index in [2.05, 4.69) is 13.8 Å². The van der Waals surface area contributed by atoms with E-state index in [0.29, 0.717) is 0 Å². The van der Waals surface area contributed by atoms with Crippen LogP contribution in [0.5, 0.6) is 0 Å². The molecule has 0 aromatic rings. The van der Waals surface area contributed by atoms with Crippen molar-refractivity contribution >= 4 is 0 Å². The fourth-order valence-electron chi connectivity index (χ4n) is 4.80. The molecule has 2 nitrogen and oxygen atoms in total. The fraction of sp³-hybridized carbons (Fsp3) is 1.00. The molecular formula is C14H28O2. The Hall–Kier alpha value is -0.0800. The molecule has 3 fully saturated rings. The van der Waals surface area contributed by atoms with Crippen LogP contribution < -0.4 is 0 Å². The van der Waals surface area contributed by atoms with E-state index >= 15 is 0 Å². The molecule has 4 atom stereocenters. The summed E-state index contributed by atoms with van der Waals surface area (Å²) in [4.78, 5) is 0. The topological polar surface area (TPSA) is 40.5 Å². The summed E-state index contributed by atoms with van der Waals surface area (Å²) < 4.78 is 0. The van der Waals surface area contributed by atoms with E-state index < -0.39 is 0 Å². The predicted molar refractivity (Wildman–Crippen MR) is 67.0 cm³/mol. The second-order valence-electron chi connectivity index (χ2n) is 5.67. The average Bonchev–Trinajstić information content (AvgIpc) is 2.94. The Morgan fingerprint density at radius 2 is 1.06 bits per heavy atom. The third kappa shape index (κ3) is 2.14. The van der Waals surface area contributed by atoms with E-state index in [-0.39, 0.29) is 0 Å². The third-order valence-electron chi connectivity index (χ3n) is 5.18. The standard InChI is InChI=1S/C12H20.2CH4O/c1-7-5-11-9-3-4-10(8(9)2)12(11)6-7;2*1-2/h7-12H,3-6H2,1-2H3;2*2H,1H3. The lowest BCUT2D eigenvalue weighted by molar-refractivity contribution is 0.259. The molecule has 3 rings (SSSR count). The first-order valence-corrected chi connectivity index (χ1v) is 6.67. The Balaban J connectivity index is 0.000000291. The van der Waals surface area contributed by atoms with Gasteiger partial charge in [-0.2, -0.15) is 0 Å². The van der Waals surface area contributed by atoms with Gasteiger partial charge in [-0.15, -0.1) is 0 Å². The van der Waals surface area contributed by atoms with Crippen LogP contribution in [0.25, 0.3) is 0 Å². The van der Waals surface area contributed by atoms with Crippen molar-refractivity contribution < 1.29 is 10.2 Å². The Morgan fingerprint density at radius 3 is 1.44 bits per heavy atom. The van der Waals surface area contributed by atoms with E-state index in [0.717, 1.165) is 49.7 Å². The van der Waals surface area contributed by atoms with Gasteiger partial charge in [-0.1, -0.05) is 13.8 Å². The van der Waals surface area contributed by atoms with Gasteiger partial charge in [0.15, 0.2) is 0 Å². The van der Waals surface area contributed by atoms with E-state index in [1.54, 1.807) is 25.7 Å². The summed E-state index contributed by atoms with van der Waals surface area (Å²) in [6, 6.07) is 0. The van der Waals surface area contributed by atoms with Gasteiger partial charge in [0.25, 0.3) is 0 Å². The molecular weight excluding hydrogens is 200 g/mol. The van der Waals surface area contributed by atoms with Crippen molar-refractivity contribution in [3.8, 4) is 0 Å². The van der Waals surface area contributed by atoms with Gasteiger partial charge >= 0.3 is 0 Å². The van der Waals surface area contributed by atoms with Crippen LogP contribution in [0.1, 0.15) is 39.5 Å². The van der Waals surface area contributed by atoms with Crippen LogP contribution >= 0.6 is 0 Å². The van der Waals surface area contributed by atoms with Gasteiger partial charge in [0.05, 0.1) is 0 Å². The van der Waals surface area contributed by atoms with Crippen LogP contribution in [0.15, 0.2) is 0 Å². The number of aliphatic hydroxyl groups excluding tert-OH is 2. The minimum atomic E-state index is 1.00. The SMILES string of the molecule is CC1CC2C3CCC(C3C)C2C1.CO.CO. The Labute approximate surface area is 100 Å². The first kappa shape index (κ1) is 14.0. The normalized spacial score (nSPS) is 47.6. The van der Waals surface area contributed by atoms with Crippen LogP contribution in [0.3, 0.4) is 0 Å². The van der Waals surface area contributed by atoms with Crippen LogP contribution in [-0.4, -0.2) is 24.4 Å². The lowest BCUT2D eigenvalue weighted by Gasteiger charge is -2.23. The van der Waals surface area contributed by atoms with Crippen molar-refractivity contribution in [2.45, 2.75) is 39.5 Å². The van der Waals surface area contributed by atoms with Crippen LogP contribution in [0.4, 0.5) is 0 Å². The second kappa shape index (κ2) is 6.02. The molecule has 96 valence electrons. The summed E-state index contributed by atoms with van der Waals surface area (Å²) in [5.74, 6) is 6.75. The van der Waals surface area contributed by atoms with Crippen LogP contribution in [0, 0.1) is 35.5 Å². The molecule has 3 aliphatic carbocycles. The maximum absolute atomic E-state index is 7.00. The van der Waals surface area contributed by atoms with Gasteiger partial charge in [-0.3, -0.25) is 0 Å². The van der Waals surface area contributed by atoms with Crippen molar-refractivity contribution in [2.24, 2.45) is 35.5 Å². The first-order valence-electron chi connectivity index (χ1n) is 6.67. The van der Waals surface area contributed by atoms with E-state index in [4.69, 9.17) is 10.2 Å². The molecule has 4 unspecified atom stereocenters. The van der Waals surface area contributed by atoms with Gasteiger partial charge in [0.1, 0.15) is 0 Å². The molecule has 0 aromatic heterocycles. The lowest BCUT2D eigenvalue weighted by Crippen LogP contribution is -2.15. The molecule has 3 aliphatic rings. The van der Waals surface area contributed by atoms with Crippen molar-refractivity contribution in [2.75, 3.05) is 14.2 Å². The van der Waals surface area contributed by atoms with Gasteiger partial charge in [-0.05, 0) is 61.2 Å². The van der Waals surface area contributed by atoms with Gasteiger partial charge in [-0.25, -0.2) is 0 Å². The molecule has 0 radical (unpaired) electrons. The van der Waals surface area contributed by atoms with E-state index in [9.17, 15) is 0 Å². The van der Waals surface area contributed by atoms with E-state index in [1.165, 1.54) is 0 Å². The highest BCUT2D eigenvalue weighted by Gasteiger charge is 2.54. The number of hydrogen-bond acceptors (Lipinski definition) is 2. The quantitative estimate of drug-likeness (QED) is 0.669. The van der Waals surface area contributed by atoms with Crippen LogP contribution in [0.2, 0.25) is 0 Å². The summed E-state index contributed by atoms with van der Waals surface area (Å²) in [6.45, 7) is 4.98. The van der Waals surface area contributed by atoms with Crippen molar-refractivity contribution in [3.63, 3.8) is 0 Å². The largest absolute Gasteiger partial charge is 0.400 e. The number of aliphatic hydroxyl groups is 2. The molecule has 16 heavy (non-hydrogen) atoms. The summed E-state index contributed by atoms with van der Waals surface area (Å²) in [5, 5.41) is 14.0.